The number of rotatable bonds is 10. The maximum absolute atomic E-state index is 13.0. The minimum atomic E-state index is -0.587. The van der Waals surface area contributed by atoms with Crippen molar-refractivity contribution in [1.29, 1.82) is 0 Å². The van der Waals surface area contributed by atoms with Crippen LogP contribution >= 0.6 is 0 Å². The van der Waals surface area contributed by atoms with E-state index in [1.807, 2.05) is 106 Å². The first kappa shape index (κ1) is 44.3. The Bertz CT molecular complexity index is 1320. The van der Waals surface area contributed by atoms with E-state index >= 15 is 0 Å². The number of benzene rings is 1. The smallest absolute Gasteiger partial charge is 0.414 e. The second kappa shape index (κ2) is 22.0. The normalized spacial score (nSPS) is 14.8. The van der Waals surface area contributed by atoms with Crippen molar-refractivity contribution in [2.75, 3.05) is 37.8 Å². The molecule has 1 saturated heterocycles. The fourth-order valence-electron chi connectivity index (χ4n) is 5.09. The lowest BCUT2D eigenvalue weighted by molar-refractivity contribution is -0.0980. The Morgan fingerprint density at radius 3 is 2.04 bits per heavy atom. The van der Waals surface area contributed by atoms with Gasteiger partial charge in [-0.05, 0) is 74.0 Å². The number of carbonyl (C=O) groups excluding carboxylic acids is 3. The molecule has 0 saturated carbocycles. The van der Waals surface area contributed by atoms with Gasteiger partial charge in [0.1, 0.15) is 18.2 Å². The van der Waals surface area contributed by atoms with Crippen LogP contribution in [0.25, 0.3) is 10.9 Å². The Balaban J connectivity index is 0.00000348. The molecule has 2 heterocycles. The standard InChI is InChI=1S/C34H50N4O4.2C2H6.CH2O/c1-10-18-37(32(40)42-34(7,8)9)26(3)27(11-2)15-14-19-38-30-17-13-12-16-28(30)29(24-39)31(38)36-22-20-35(21-23-36)25-41-33(4,5)6;3*1-2/h10-18,24,26H,19-23,25H2,1-9H3;2*1-2H3;1H2/b15-14-,18-10-,27-11+;;;. The number of aldehydes is 1. The SMILES string of the molecule is C/C=C\N(C(=O)OC(C)(C)C)C(C)C(/C=C\Cn1c(N2CCN(COC(C)(C)C)CC2)c(C=O)c2ccccc21)=C/C.C=O.CC.CC. The number of amides is 1. The van der Waals surface area contributed by atoms with E-state index in [4.69, 9.17) is 14.3 Å². The van der Waals surface area contributed by atoms with Gasteiger partial charge in [0.15, 0.2) is 6.29 Å². The van der Waals surface area contributed by atoms with Crippen LogP contribution in [0.2, 0.25) is 0 Å². The third kappa shape index (κ3) is 13.4. The van der Waals surface area contributed by atoms with Crippen molar-refractivity contribution in [3.8, 4) is 0 Å². The Hall–Kier alpha value is -3.69. The predicted molar refractivity (Wildman–Crippen MR) is 202 cm³/mol. The second-order valence-electron chi connectivity index (χ2n) is 12.7. The van der Waals surface area contributed by atoms with Crippen LogP contribution in [0, 0.1) is 0 Å². The number of anilines is 1. The van der Waals surface area contributed by atoms with Crippen LogP contribution in [-0.4, -0.2) is 83.7 Å². The molecule has 1 aliphatic heterocycles. The average Bonchev–Trinajstić information content (AvgIpc) is 3.39. The van der Waals surface area contributed by atoms with Gasteiger partial charge in [0.2, 0.25) is 0 Å². The zero-order valence-electron chi connectivity index (χ0n) is 32.1. The summed E-state index contributed by atoms with van der Waals surface area (Å²) in [5.74, 6) is 0.951. The van der Waals surface area contributed by atoms with Gasteiger partial charge in [-0.25, -0.2) is 4.79 Å². The molecule has 1 unspecified atom stereocenters. The highest BCUT2D eigenvalue weighted by Crippen LogP contribution is 2.33. The third-order valence-corrected chi connectivity index (χ3v) is 7.20. The first-order valence-corrected chi connectivity index (χ1v) is 17.2. The number of aromatic nitrogens is 1. The summed E-state index contributed by atoms with van der Waals surface area (Å²) in [6.07, 6.45) is 10.4. The molecule has 9 heteroatoms. The summed E-state index contributed by atoms with van der Waals surface area (Å²) in [6, 6.07) is 7.85. The fourth-order valence-corrected chi connectivity index (χ4v) is 5.09. The van der Waals surface area contributed by atoms with Crippen LogP contribution in [0.15, 0.2) is 60.3 Å². The van der Waals surface area contributed by atoms with E-state index in [9.17, 15) is 9.59 Å². The highest BCUT2D eigenvalue weighted by molar-refractivity contribution is 6.04. The summed E-state index contributed by atoms with van der Waals surface area (Å²) in [5.41, 5.74) is 1.97. The molecule has 1 aliphatic rings. The molecule has 2 aromatic rings. The molecule has 0 N–H and O–H groups in total. The summed E-state index contributed by atoms with van der Waals surface area (Å²) in [6.45, 7) is 32.2. The maximum atomic E-state index is 13.0. The number of fused-ring (bicyclic) bond motifs is 1. The van der Waals surface area contributed by atoms with Crippen molar-refractivity contribution in [2.45, 2.75) is 114 Å². The molecule has 1 atom stereocenters. The summed E-state index contributed by atoms with van der Waals surface area (Å²) in [4.78, 5) is 39.7. The van der Waals surface area contributed by atoms with Crippen LogP contribution in [-0.2, 0) is 20.8 Å². The molecule has 0 radical (unpaired) electrons. The molecule has 0 spiro atoms. The number of nitrogens with zero attached hydrogens (tertiary/aromatic N) is 4. The van der Waals surface area contributed by atoms with Crippen LogP contribution in [0.5, 0.6) is 0 Å². The Kier molecular flexibility index (Phi) is 20.3. The number of carbonyl (C=O) groups is 3. The molecule has 9 nitrogen and oxygen atoms in total. The van der Waals surface area contributed by atoms with Gasteiger partial charge in [0, 0.05) is 44.3 Å². The zero-order chi connectivity index (χ0) is 37.1. The lowest BCUT2D eigenvalue weighted by Crippen LogP contribution is -2.48. The fraction of sp³-hybridized carbons (Fsp3) is 0.564. The number of piperazine rings is 1. The largest absolute Gasteiger partial charge is 0.443 e. The van der Waals surface area contributed by atoms with E-state index in [2.05, 4.69) is 53.4 Å². The summed E-state index contributed by atoms with van der Waals surface area (Å²) < 4.78 is 13.9. The highest BCUT2D eigenvalue weighted by atomic mass is 16.6. The number of allylic oxidation sites excluding steroid dienone is 3. The molecular formula is C39H64N4O5. The molecule has 48 heavy (non-hydrogen) atoms. The molecule has 1 fully saturated rings. The van der Waals surface area contributed by atoms with Gasteiger partial charge in [-0.15, -0.1) is 0 Å². The van der Waals surface area contributed by atoms with E-state index in [1.54, 1.807) is 11.1 Å². The van der Waals surface area contributed by atoms with Crippen molar-refractivity contribution in [1.82, 2.24) is 14.4 Å². The summed E-state index contributed by atoms with van der Waals surface area (Å²) >= 11 is 0. The Morgan fingerprint density at radius 1 is 0.958 bits per heavy atom. The van der Waals surface area contributed by atoms with Crippen molar-refractivity contribution >= 4 is 35.9 Å². The van der Waals surface area contributed by atoms with E-state index in [1.165, 1.54) is 0 Å². The van der Waals surface area contributed by atoms with Crippen LogP contribution in [0.1, 0.15) is 100 Å². The third-order valence-electron chi connectivity index (χ3n) is 7.20. The average molecular weight is 669 g/mol. The molecule has 0 bridgehead atoms. The maximum Gasteiger partial charge on any atom is 0.414 e. The molecule has 1 amide bonds. The van der Waals surface area contributed by atoms with Crippen molar-refractivity contribution in [2.24, 2.45) is 0 Å². The lowest BCUT2D eigenvalue weighted by Gasteiger charge is -2.37. The number of hydrogen-bond donors (Lipinski definition) is 0. The monoisotopic (exact) mass is 668 g/mol. The van der Waals surface area contributed by atoms with Gasteiger partial charge in [0.05, 0.1) is 29.5 Å². The van der Waals surface area contributed by atoms with Crippen molar-refractivity contribution in [3.05, 3.63) is 65.9 Å². The predicted octanol–water partition coefficient (Wildman–Crippen LogP) is 8.88. The number of para-hydroxylation sites is 1. The minimum Gasteiger partial charge on any atom is -0.443 e. The number of hydrogen-bond acceptors (Lipinski definition) is 7. The van der Waals surface area contributed by atoms with Crippen LogP contribution < -0.4 is 4.90 Å². The van der Waals surface area contributed by atoms with E-state index in [0.29, 0.717) is 13.3 Å². The zero-order valence-corrected chi connectivity index (χ0v) is 32.1. The van der Waals surface area contributed by atoms with Crippen LogP contribution in [0.3, 0.4) is 0 Å². The summed E-state index contributed by atoms with van der Waals surface area (Å²) in [5, 5.41) is 0.957. The van der Waals surface area contributed by atoms with Gasteiger partial charge < -0.3 is 23.7 Å². The van der Waals surface area contributed by atoms with E-state index < -0.39 is 5.60 Å². The van der Waals surface area contributed by atoms with Gasteiger partial charge in [-0.3, -0.25) is 14.6 Å². The van der Waals surface area contributed by atoms with Gasteiger partial charge in [-0.2, -0.15) is 0 Å². The van der Waals surface area contributed by atoms with Crippen LogP contribution in [0.4, 0.5) is 10.6 Å². The molecular weight excluding hydrogens is 604 g/mol. The van der Waals surface area contributed by atoms with Gasteiger partial charge in [0.25, 0.3) is 0 Å². The first-order valence-electron chi connectivity index (χ1n) is 17.2. The lowest BCUT2D eigenvalue weighted by atomic mass is 10.1. The van der Waals surface area contributed by atoms with Gasteiger partial charge in [-0.1, -0.05) is 70.2 Å². The molecule has 3 rings (SSSR count). The van der Waals surface area contributed by atoms with E-state index in [-0.39, 0.29) is 17.7 Å². The molecule has 270 valence electrons. The highest BCUT2D eigenvalue weighted by Gasteiger charge is 2.27. The summed E-state index contributed by atoms with van der Waals surface area (Å²) in [7, 11) is 0. The quantitative estimate of drug-likeness (QED) is 0.185. The van der Waals surface area contributed by atoms with Gasteiger partial charge >= 0.3 is 6.09 Å². The Labute approximate surface area is 291 Å². The van der Waals surface area contributed by atoms with Crippen molar-refractivity contribution < 1.29 is 23.9 Å². The molecule has 1 aromatic carbocycles. The first-order chi connectivity index (χ1) is 22.8. The second-order valence-corrected chi connectivity index (χ2v) is 12.7. The van der Waals surface area contributed by atoms with E-state index in [0.717, 1.165) is 60.3 Å². The molecule has 1 aromatic heterocycles. The minimum absolute atomic E-state index is 0.180. The Morgan fingerprint density at radius 2 is 1.54 bits per heavy atom. The number of ether oxygens (including phenoxy) is 2. The van der Waals surface area contributed by atoms with Crippen molar-refractivity contribution in [3.63, 3.8) is 0 Å². The topological polar surface area (TPSA) is 84.3 Å². The molecule has 0 aliphatic carbocycles.